The first kappa shape index (κ1) is 19.2. The van der Waals surface area contributed by atoms with Gasteiger partial charge in [-0.3, -0.25) is 9.48 Å². The Labute approximate surface area is 140 Å². The summed E-state index contributed by atoms with van der Waals surface area (Å²) in [4.78, 5) is 23.0. The average molecular weight is 366 g/mol. The van der Waals surface area contributed by atoms with Crippen LogP contribution in [0.1, 0.15) is 55.2 Å². The maximum absolute atomic E-state index is 14.6. The van der Waals surface area contributed by atoms with Gasteiger partial charge in [0.2, 0.25) is 0 Å². The van der Waals surface area contributed by atoms with Crippen molar-refractivity contribution in [1.29, 1.82) is 0 Å². The van der Waals surface area contributed by atoms with Gasteiger partial charge in [-0.25, -0.2) is 9.18 Å². The molecule has 0 spiro atoms. The lowest BCUT2D eigenvalue weighted by molar-refractivity contribution is -0.160. The lowest BCUT2D eigenvalue weighted by Gasteiger charge is -2.38. The number of alkyl halides is 4. The molecular formula is C15H18F4N2O4. The maximum atomic E-state index is 14.6. The fourth-order valence-electron chi connectivity index (χ4n) is 3.13. The number of carboxylic acid groups (broad SMARTS) is 1. The Kier molecular flexibility index (Phi) is 5.10. The molecule has 1 N–H and O–H groups in total. The van der Waals surface area contributed by atoms with Crippen LogP contribution in [0.2, 0.25) is 0 Å². The van der Waals surface area contributed by atoms with Crippen LogP contribution >= 0.6 is 0 Å². The third-order valence-corrected chi connectivity index (χ3v) is 4.43. The Morgan fingerprint density at radius 3 is 2.60 bits per heavy atom. The molecule has 0 bridgehead atoms. The molecule has 0 saturated heterocycles. The lowest BCUT2D eigenvalue weighted by atomic mass is 9.73. The predicted molar refractivity (Wildman–Crippen MR) is 76.7 cm³/mol. The van der Waals surface area contributed by atoms with Gasteiger partial charge in [-0.15, -0.1) is 0 Å². The van der Waals surface area contributed by atoms with Gasteiger partial charge in [0.25, 0.3) is 0 Å². The van der Waals surface area contributed by atoms with Crippen LogP contribution in [0.5, 0.6) is 0 Å². The summed E-state index contributed by atoms with van der Waals surface area (Å²) in [6.45, 7) is 3.23. The molecule has 1 aliphatic rings. The Hall–Kier alpha value is -2.13. The standard InChI is InChI=1S/C15H18F4N2O4/c1-3-25-13(24)14(2)5-4-10(9(16)6-14)21-11(15(17,18)19)8(7-20-21)12(22)23/h7,9-10H,3-6H2,1-2H3,(H,22,23)/t9-,10+,14+/m1/s1. The first-order valence-corrected chi connectivity index (χ1v) is 7.70. The van der Waals surface area contributed by atoms with Crippen LogP contribution in [0.15, 0.2) is 6.20 Å². The fraction of sp³-hybridized carbons (Fsp3) is 0.667. The minimum absolute atomic E-state index is 0.0969. The maximum Gasteiger partial charge on any atom is 0.433 e. The molecule has 3 atom stereocenters. The highest BCUT2D eigenvalue weighted by molar-refractivity contribution is 5.88. The molecule has 0 unspecified atom stereocenters. The second kappa shape index (κ2) is 6.64. The molecule has 0 aliphatic heterocycles. The number of hydrogen-bond acceptors (Lipinski definition) is 4. The minimum Gasteiger partial charge on any atom is -0.478 e. The molecule has 1 aliphatic carbocycles. The number of carbonyl (C=O) groups is 2. The summed E-state index contributed by atoms with van der Waals surface area (Å²) in [6.07, 6.45) is -6.54. The molecule has 0 aromatic carbocycles. The van der Waals surface area contributed by atoms with Gasteiger partial charge in [-0.1, -0.05) is 0 Å². The molecule has 1 heterocycles. The number of carbonyl (C=O) groups excluding carboxylic acids is 1. The van der Waals surface area contributed by atoms with Crippen molar-refractivity contribution in [1.82, 2.24) is 9.78 Å². The number of aromatic carboxylic acids is 1. The number of esters is 1. The van der Waals surface area contributed by atoms with E-state index in [0.29, 0.717) is 10.9 Å². The highest BCUT2D eigenvalue weighted by Gasteiger charge is 2.48. The van der Waals surface area contributed by atoms with Gasteiger partial charge in [0.1, 0.15) is 11.7 Å². The number of rotatable bonds is 4. The van der Waals surface area contributed by atoms with Gasteiger partial charge in [0.15, 0.2) is 5.69 Å². The summed E-state index contributed by atoms with van der Waals surface area (Å²) in [5.74, 6) is -2.39. The van der Waals surface area contributed by atoms with E-state index in [-0.39, 0.29) is 25.9 Å². The van der Waals surface area contributed by atoms with E-state index >= 15 is 0 Å². The summed E-state index contributed by atoms with van der Waals surface area (Å²) in [6, 6.07) is -1.30. The molecule has 0 amide bonds. The summed E-state index contributed by atoms with van der Waals surface area (Å²) < 4.78 is 59.6. The van der Waals surface area contributed by atoms with Crippen LogP contribution in [0, 0.1) is 5.41 Å². The molecule has 1 aromatic heterocycles. The number of hydrogen-bond donors (Lipinski definition) is 1. The highest BCUT2D eigenvalue weighted by atomic mass is 19.4. The zero-order valence-corrected chi connectivity index (χ0v) is 13.6. The second-order valence-corrected chi connectivity index (χ2v) is 6.26. The summed E-state index contributed by atoms with van der Waals surface area (Å²) in [5.41, 5.74) is -3.65. The first-order valence-electron chi connectivity index (χ1n) is 7.70. The molecule has 0 radical (unpaired) electrons. The molecule has 6 nitrogen and oxygen atoms in total. The first-order chi connectivity index (χ1) is 11.5. The smallest absolute Gasteiger partial charge is 0.433 e. The molecule has 1 fully saturated rings. The van der Waals surface area contributed by atoms with Crippen LogP contribution < -0.4 is 0 Å². The van der Waals surface area contributed by atoms with Crippen molar-refractivity contribution >= 4 is 11.9 Å². The van der Waals surface area contributed by atoms with E-state index in [0.717, 1.165) is 0 Å². The summed E-state index contributed by atoms with van der Waals surface area (Å²) in [5, 5.41) is 12.4. The van der Waals surface area contributed by atoms with E-state index in [1.54, 1.807) is 6.92 Å². The number of carboxylic acids is 1. The van der Waals surface area contributed by atoms with Gasteiger partial charge >= 0.3 is 18.1 Å². The van der Waals surface area contributed by atoms with Crippen molar-refractivity contribution in [3.63, 3.8) is 0 Å². The SMILES string of the molecule is CCOC(=O)[C@@]1(C)CC[C@H](n2ncc(C(=O)O)c2C(F)(F)F)[C@H](F)C1. The van der Waals surface area contributed by atoms with E-state index < -0.39 is 47.0 Å². The van der Waals surface area contributed by atoms with E-state index in [2.05, 4.69) is 5.10 Å². The molecule has 140 valence electrons. The predicted octanol–water partition coefficient (Wildman–Crippen LogP) is 3.23. The summed E-state index contributed by atoms with van der Waals surface area (Å²) >= 11 is 0. The zero-order chi connectivity index (χ0) is 19.0. The van der Waals surface area contributed by atoms with Crippen LogP contribution in [-0.2, 0) is 15.7 Å². The summed E-state index contributed by atoms with van der Waals surface area (Å²) in [7, 11) is 0. The van der Waals surface area contributed by atoms with E-state index in [9.17, 15) is 27.2 Å². The molecule has 1 saturated carbocycles. The van der Waals surface area contributed by atoms with Crippen molar-refractivity contribution in [2.24, 2.45) is 5.41 Å². The topological polar surface area (TPSA) is 81.4 Å². The molecular weight excluding hydrogens is 348 g/mol. The Morgan fingerprint density at radius 1 is 1.48 bits per heavy atom. The number of aromatic nitrogens is 2. The van der Waals surface area contributed by atoms with Gasteiger partial charge < -0.3 is 9.84 Å². The van der Waals surface area contributed by atoms with Crippen molar-refractivity contribution in [2.45, 2.75) is 51.5 Å². The molecule has 10 heteroatoms. The average Bonchev–Trinajstić information content (AvgIpc) is 2.92. The van der Waals surface area contributed by atoms with E-state index in [4.69, 9.17) is 9.84 Å². The van der Waals surface area contributed by atoms with Crippen molar-refractivity contribution in [3.8, 4) is 0 Å². The molecule has 25 heavy (non-hydrogen) atoms. The quantitative estimate of drug-likeness (QED) is 0.654. The second-order valence-electron chi connectivity index (χ2n) is 6.26. The van der Waals surface area contributed by atoms with Gasteiger partial charge in [-0.2, -0.15) is 18.3 Å². The van der Waals surface area contributed by atoms with Gasteiger partial charge in [0, 0.05) is 0 Å². The Balaban J connectivity index is 2.33. The van der Waals surface area contributed by atoms with Crippen molar-refractivity contribution < 1.29 is 37.0 Å². The number of nitrogens with zero attached hydrogens (tertiary/aromatic N) is 2. The minimum atomic E-state index is -4.99. The third kappa shape index (κ3) is 3.62. The largest absolute Gasteiger partial charge is 0.478 e. The van der Waals surface area contributed by atoms with Gasteiger partial charge in [-0.05, 0) is 33.1 Å². The Bertz CT molecular complexity index is 673. The number of halogens is 4. The van der Waals surface area contributed by atoms with Crippen molar-refractivity contribution in [2.75, 3.05) is 6.61 Å². The monoisotopic (exact) mass is 366 g/mol. The number of ether oxygens (including phenoxy) is 1. The van der Waals surface area contributed by atoms with Crippen LogP contribution in [-0.4, -0.2) is 39.6 Å². The highest BCUT2D eigenvalue weighted by Crippen LogP contribution is 2.45. The fourth-order valence-corrected chi connectivity index (χ4v) is 3.13. The normalized spacial score (nSPS) is 27.1. The third-order valence-electron chi connectivity index (χ3n) is 4.43. The van der Waals surface area contributed by atoms with Crippen LogP contribution in [0.4, 0.5) is 17.6 Å². The van der Waals surface area contributed by atoms with Crippen LogP contribution in [0.25, 0.3) is 0 Å². The van der Waals surface area contributed by atoms with Crippen LogP contribution in [0.3, 0.4) is 0 Å². The van der Waals surface area contributed by atoms with E-state index in [1.165, 1.54) is 6.92 Å². The molecule has 1 aromatic rings. The Morgan fingerprint density at radius 2 is 2.12 bits per heavy atom. The van der Waals surface area contributed by atoms with Crippen molar-refractivity contribution in [3.05, 3.63) is 17.5 Å². The zero-order valence-electron chi connectivity index (χ0n) is 13.6. The van der Waals surface area contributed by atoms with Gasteiger partial charge in [0.05, 0.1) is 24.3 Å². The van der Waals surface area contributed by atoms with E-state index in [1.807, 2.05) is 0 Å². The molecule has 2 rings (SSSR count). The lowest BCUT2D eigenvalue weighted by Crippen LogP contribution is -2.41.